The van der Waals surface area contributed by atoms with E-state index in [4.69, 9.17) is 16.0 Å². The Balaban J connectivity index is 1.67. The normalized spacial score (nSPS) is 10.5. The molecule has 0 unspecified atom stereocenters. The Kier molecular flexibility index (Phi) is 4.92. The van der Waals surface area contributed by atoms with Crippen molar-refractivity contribution in [3.8, 4) is 11.5 Å². The van der Waals surface area contributed by atoms with Crippen LogP contribution in [0.5, 0.6) is 0 Å². The summed E-state index contributed by atoms with van der Waals surface area (Å²) in [4.78, 5) is 12.1. The van der Waals surface area contributed by atoms with Crippen molar-refractivity contribution in [2.75, 3.05) is 0 Å². The van der Waals surface area contributed by atoms with Crippen LogP contribution in [0, 0.1) is 3.57 Å². The molecule has 0 aliphatic heterocycles. The van der Waals surface area contributed by atoms with Gasteiger partial charge in [-0.1, -0.05) is 23.7 Å². The van der Waals surface area contributed by atoms with Crippen LogP contribution in [0.15, 0.2) is 52.9 Å². The molecule has 0 aliphatic carbocycles. The van der Waals surface area contributed by atoms with Crippen LogP contribution >= 0.6 is 34.2 Å². The fourth-order valence-electron chi connectivity index (χ4n) is 1.93. The lowest BCUT2D eigenvalue weighted by molar-refractivity contribution is 0.0946. The predicted octanol–water partition coefficient (Wildman–Crippen LogP) is 3.92. The summed E-state index contributed by atoms with van der Waals surface area (Å²) in [5.41, 5.74) is 1.39. The van der Waals surface area contributed by atoms with E-state index in [0.717, 1.165) is 9.13 Å². The minimum atomic E-state index is -0.179. The van der Waals surface area contributed by atoms with E-state index in [1.54, 1.807) is 30.3 Å². The van der Waals surface area contributed by atoms with Gasteiger partial charge in [-0.05, 0) is 59.0 Å². The standard InChI is InChI=1S/C16H11ClIN3O2/c17-11-7-5-10(6-8-11)16-21-20-14(23-16)9-19-15(22)12-3-1-2-4-13(12)18/h1-8H,9H2,(H,19,22). The van der Waals surface area contributed by atoms with Crippen molar-refractivity contribution in [1.82, 2.24) is 15.5 Å². The zero-order valence-corrected chi connectivity index (χ0v) is 14.7. The number of carbonyl (C=O) groups excluding carboxylic acids is 1. The quantitative estimate of drug-likeness (QED) is 0.626. The number of benzene rings is 2. The zero-order valence-electron chi connectivity index (χ0n) is 11.8. The summed E-state index contributed by atoms with van der Waals surface area (Å²) in [6.07, 6.45) is 0. The minimum Gasteiger partial charge on any atom is -0.419 e. The van der Waals surface area contributed by atoms with Crippen LogP contribution in [0.25, 0.3) is 11.5 Å². The molecule has 0 radical (unpaired) electrons. The van der Waals surface area contributed by atoms with E-state index in [-0.39, 0.29) is 12.5 Å². The summed E-state index contributed by atoms with van der Waals surface area (Å²) in [5.74, 6) is 0.552. The molecule has 2 aromatic carbocycles. The molecule has 0 saturated carbocycles. The molecule has 116 valence electrons. The number of nitrogens with zero attached hydrogens (tertiary/aromatic N) is 2. The van der Waals surface area contributed by atoms with Crippen molar-refractivity contribution >= 4 is 40.1 Å². The second-order valence-corrected chi connectivity index (χ2v) is 6.27. The molecule has 0 spiro atoms. The number of amides is 1. The lowest BCUT2D eigenvalue weighted by atomic mass is 10.2. The van der Waals surface area contributed by atoms with Gasteiger partial charge in [0.15, 0.2) is 0 Å². The SMILES string of the molecule is O=C(NCc1nnc(-c2ccc(Cl)cc2)o1)c1ccccc1I. The monoisotopic (exact) mass is 439 g/mol. The van der Waals surface area contributed by atoms with Crippen molar-refractivity contribution in [3.05, 3.63) is 68.6 Å². The van der Waals surface area contributed by atoms with Gasteiger partial charge in [-0.2, -0.15) is 0 Å². The molecule has 7 heteroatoms. The molecule has 0 aliphatic rings. The van der Waals surface area contributed by atoms with Gasteiger partial charge >= 0.3 is 0 Å². The van der Waals surface area contributed by atoms with Crippen molar-refractivity contribution in [3.63, 3.8) is 0 Å². The molecule has 0 atom stereocenters. The number of nitrogens with one attached hydrogen (secondary N) is 1. The van der Waals surface area contributed by atoms with Crippen LogP contribution < -0.4 is 5.32 Å². The van der Waals surface area contributed by atoms with E-state index >= 15 is 0 Å². The van der Waals surface area contributed by atoms with Crippen LogP contribution in [-0.4, -0.2) is 16.1 Å². The molecule has 3 aromatic rings. The summed E-state index contributed by atoms with van der Waals surface area (Å²) >= 11 is 7.97. The Hall–Kier alpha value is -1.93. The second kappa shape index (κ2) is 7.10. The number of hydrogen-bond acceptors (Lipinski definition) is 4. The van der Waals surface area contributed by atoms with Gasteiger partial charge in [0.05, 0.1) is 12.1 Å². The van der Waals surface area contributed by atoms with Gasteiger partial charge in [-0.3, -0.25) is 4.79 Å². The van der Waals surface area contributed by atoms with Crippen molar-refractivity contribution < 1.29 is 9.21 Å². The average Bonchev–Trinajstić information content (AvgIpc) is 3.03. The summed E-state index contributed by atoms with van der Waals surface area (Å²) in [6, 6.07) is 14.4. The average molecular weight is 440 g/mol. The first kappa shape index (κ1) is 15.9. The van der Waals surface area contributed by atoms with Gasteiger partial charge in [0.2, 0.25) is 11.8 Å². The van der Waals surface area contributed by atoms with E-state index in [0.29, 0.717) is 22.4 Å². The molecule has 0 bridgehead atoms. The molecule has 23 heavy (non-hydrogen) atoms. The Labute approximate surface area is 151 Å². The van der Waals surface area contributed by atoms with Gasteiger partial charge in [0, 0.05) is 14.2 Å². The van der Waals surface area contributed by atoms with Gasteiger partial charge in [-0.25, -0.2) is 0 Å². The highest BCUT2D eigenvalue weighted by Crippen LogP contribution is 2.20. The van der Waals surface area contributed by atoms with Gasteiger partial charge < -0.3 is 9.73 Å². The van der Waals surface area contributed by atoms with Crippen LogP contribution in [0.2, 0.25) is 5.02 Å². The van der Waals surface area contributed by atoms with Gasteiger partial charge in [-0.15, -0.1) is 10.2 Å². The lowest BCUT2D eigenvalue weighted by Gasteiger charge is -2.04. The molecule has 1 amide bonds. The maximum Gasteiger partial charge on any atom is 0.252 e. The van der Waals surface area contributed by atoms with E-state index in [9.17, 15) is 4.79 Å². The molecule has 1 N–H and O–H groups in total. The summed E-state index contributed by atoms with van der Waals surface area (Å²) < 4.78 is 6.43. The van der Waals surface area contributed by atoms with E-state index < -0.39 is 0 Å². The number of aromatic nitrogens is 2. The summed E-state index contributed by atoms with van der Waals surface area (Å²) in [5, 5.41) is 11.3. The van der Waals surface area contributed by atoms with E-state index in [2.05, 4.69) is 38.1 Å². The highest BCUT2D eigenvalue weighted by molar-refractivity contribution is 14.1. The molecule has 1 heterocycles. The summed E-state index contributed by atoms with van der Waals surface area (Å²) in [6.45, 7) is 0.171. The third-order valence-corrected chi connectivity index (χ3v) is 4.27. The molecular weight excluding hydrogens is 429 g/mol. The maximum absolute atomic E-state index is 12.1. The minimum absolute atomic E-state index is 0.171. The highest BCUT2D eigenvalue weighted by Gasteiger charge is 2.12. The van der Waals surface area contributed by atoms with Crippen molar-refractivity contribution in [2.45, 2.75) is 6.54 Å². The lowest BCUT2D eigenvalue weighted by Crippen LogP contribution is -2.23. The first-order chi connectivity index (χ1) is 11.1. The number of carbonyl (C=O) groups is 1. The van der Waals surface area contributed by atoms with E-state index in [1.807, 2.05) is 18.2 Å². The molecule has 1 aromatic heterocycles. The molecule has 5 nitrogen and oxygen atoms in total. The van der Waals surface area contributed by atoms with Crippen LogP contribution in [0.4, 0.5) is 0 Å². The Morgan fingerprint density at radius 3 is 2.61 bits per heavy atom. The zero-order chi connectivity index (χ0) is 16.2. The van der Waals surface area contributed by atoms with Crippen LogP contribution in [-0.2, 0) is 6.54 Å². The Morgan fingerprint density at radius 1 is 1.13 bits per heavy atom. The second-order valence-electron chi connectivity index (χ2n) is 4.67. The number of halogens is 2. The predicted molar refractivity (Wildman–Crippen MR) is 95.1 cm³/mol. The summed E-state index contributed by atoms with van der Waals surface area (Å²) in [7, 11) is 0. The van der Waals surface area contributed by atoms with E-state index in [1.165, 1.54) is 0 Å². The van der Waals surface area contributed by atoms with Crippen molar-refractivity contribution in [1.29, 1.82) is 0 Å². The van der Waals surface area contributed by atoms with Crippen molar-refractivity contribution in [2.24, 2.45) is 0 Å². The fraction of sp³-hybridized carbons (Fsp3) is 0.0625. The number of hydrogen-bond donors (Lipinski definition) is 1. The number of rotatable bonds is 4. The fourth-order valence-corrected chi connectivity index (χ4v) is 2.69. The topological polar surface area (TPSA) is 68.0 Å². The highest BCUT2D eigenvalue weighted by atomic mass is 127. The third-order valence-electron chi connectivity index (χ3n) is 3.08. The van der Waals surface area contributed by atoms with Crippen LogP contribution in [0.1, 0.15) is 16.2 Å². The molecule has 3 rings (SSSR count). The van der Waals surface area contributed by atoms with Gasteiger partial charge in [0.1, 0.15) is 0 Å². The Morgan fingerprint density at radius 2 is 1.87 bits per heavy atom. The molecule has 0 fully saturated rings. The first-order valence-electron chi connectivity index (χ1n) is 6.74. The first-order valence-corrected chi connectivity index (χ1v) is 8.20. The molecular formula is C16H11ClIN3O2. The Bertz CT molecular complexity index is 833. The third kappa shape index (κ3) is 3.89. The van der Waals surface area contributed by atoms with Gasteiger partial charge in [0.25, 0.3) is 5.91 Å². The molecule has 0 saturated heterocycles. The maximum atomic E-state index is 12.1. The smallest absolute Gasteiger partial charge is 0.252 e. The van der Waals surface area contributed by atoms with Crippen LogP contribution in [0.3, 0.4) is 0 Å². The largest absolute Gasteiger partial charge is 0.419 e.